The Hall–Kier alpha value is -3.13. The summed E-state index contributed by atoms with van der Waals surface area (Å²) in [5.74, 6) is -4.84. The average Bonchev–Trinajstić information content (AvgIpc) is 2.97. The van der Waals surface area contributed by atoms with Gasteiger partial charge in [0.1, 0.15) is 5.82 Å². The lowest BCUT2D eigenvalue weighted by molar-refractivity contribution is -0.138. The van der Waals surface area contributed by atoms with E-state index >= 15 is 0 Å². The molecule has 214 valence electrons. The average molecular weight is 576 g/mol. The van der Waals surface area contributed by atoms with Gasteiger partial charge in [-0.3, -0.25) is 9.59 Å². The molecule has 3 N–H and O–H groups in total. The number of aromatic nitrogens is 1. The van der Waals surface area contributed by atoms with Crippen molar-refractivity contribution in [1.29, 1.82) is 0 Å². The third kappa shape index (κ3) is 7.29. The summed E-state index contributed by atoms with van der Waals surface area (Å²) in [5, 5.41) is 2.49. The number of rotatable bonds is 5. The molecular weight excluding hydrogens is 545 g/mol. The predicted molar refractivity (Wildman–Crippen MR) is 137 cm³/mol. The van der Waals surface area contributed by atoms with E-state index in [0.717, 1.165) is 6.92 Å². The van der Waals surface area contributed by atoms with Crippen LogP contribution in [-0.4, -0.2) is 51.8 Å². The summed E-state index contributed by atoms with van der Waals surface area (Å²) in [7, 11) is -3.29. The summed E-state index contributed by atoms with van der Waals surface area (Å²) in [6.07, 6.45) is -3.87. The molecule has 1 fully saturated rings. The molecule has 0 saturated carbocycles. The van der Waals surface area contributed by atoms with Crippen LogP contribution in [0.4, 0.5) is 33.5 Å². The number of anilines is 2. The van der Waals surface area contributed by atoms with Gasteiger partial charge in [0.25, 0.3) is 11.8 Å². The molecule has 14 heteroatoms. The van der Waals surface area contributed by atoms with E-state index in [-0.39, 0.29) is 42.3 Å². The van der Waals surface area contributed by atoms with Gasteiger partial charge in [-0.15, -0.1) is 0 Å². The van der Waals surface area contributed by atoms with Crippen molar-refractivity contribution in [3.63, 3.8) is 0 Å². The smallest absolute Gasteiger partial charge is 0.356 e. The molecule has 1 aromatic heterocycles. The van der Waals surface area contributed by atoms with Crippen molar-refractivity contribution in [2.24, 2.45) is 10.1 Å². The summed E-state index contributed by atoms with van der Waals surface area (Å²) in [4.78, 5) is 31.0. The number of hydrogen-bond acceptors (Lipinski definition) is 6. The maximum absolute atomic E-state index is 13.9. The van der Waals surface area contributed by atoms with Crippen molar-refractivity contribution in [3.8, 4) is 0 Å². The van der Waals surface area contributed by atoms with Gasteiger partial charge in [0.15, 0.2) is 0 Å². The molecule has 1 aliphatic rings. The van der Waals surface area contributed by atoms with E-state index in [4.69, 9.17) is 5.73 Å². The zero-order valence-electron chi connectivity index (χ0n) is 21.9. The number of hydrogen-bond donors (Lipinski definition) is 2. The van der Waals surface area contributed by atoms with Crippen LogP contribution in [-0.2, 0) is 20.7 Å². The Bertz CT molecular complexity index is 1400. The molecule has 39 heavy (non-hydrogen) atoms. The van der Waals surface area contributed by atoms with Crippen LogP contribution < -0.4 is 16.0 Å². The molecule has 0 radical (unpaired) electrons. The molecule has 1 aromatic carbocycles. The summed E-state index contributed by atoms with van der Waals surface area (Å²) in [5.41, 5.74) is 2.45. The largest absolute Gasteiger partial charge is 0.418 e. The number of alkyl halides is 5. The monoisotopic (exact) mass is 575 g/mol. The molecule has 1 aliphatic heterocycles. The van der Waals surface area contributed by atoms with Crippen LogP contribution in [0.5, 0.6) is 0 Å². The second-order valence-corrected chi connectivity index (χ2v) is 12.4. The van der Waals surface area contributed by atoms with Crippen LogP contribution >= 0.6 is 0 Å². The van der Waals surface area contributed by atoms with Crippen molar-refractivity contribution < 1.29 is 35.8 Å². The number of nitrogens with zero attached hydrogens (tertiary/aromatic N) is 3. The molecule has 0 unspecified atom stereocenters. The summed E-state index contributed by atoms with van der Waals surface area (Å²) < 4.78 is 85.8. The van der Waals surface area contributed by atoms with Crippen molar-refractivity contribution in [3.05, 3.63) is 47.2 Å². The van der Waals surface area contributed by atoms with Crippen molar-refractivity contribution >= 4 is 33.0 Å². The topological polar surface area (TPSA) is 118 Å². The zero-order valence-corrected chi connectivity index (χ0v) is 22.7. The minimum Gasteiger partial charge on any atom is -0.356 e. The van der Waals surface area contributed by atoms with Gasteiger partial charge in [0.05, 0.1) is 26.4 Å². The lowest BCUT2D eigenvalue weighted by Crippen LogP contribution is -2.40. The van der Waals surface area contributed by atoms with Gasteiger partial charge >= 0.3 is 6.18 Å². The van der Waals surface area contributed by atoms with Gasteiger partial charge in [0.2, 0.25) is 5.92 Å². The number of carbonyl (C=O) groups is 2. The molecule has 2 heterocycles. The van der Waals surface area contributed by atoms with Crippen LogP contribution in [0.15, 0.2) is 39.7 Å². The Labute approximate surface area is 223 Å². The van der Waals surface area contributed by atoms with Crippen molar-refractivity contribution in [2.75, 3.05) is 29.6 Å². The molecule has 0 bridgehead atoms. The molecule has 1 saturated heterocycles. The molecular formula is C25H30F5N5O3S. The molecule has 2 aromatic rings. The van der Waals surface area contributed by atoms with E-state index in [1.165, 1.54) is 49.3 Å². The normalized spacial score (nSPS) is 17.6. The Morgan fingerprint density at radius 2 is 1.85 bits per heavy atom. The highest BCUT2D eigenvalue weighted by molar-refractivity contribution is 7.93. The number of nitrogens with one attached hydrogen (secondary N) is 1. The first-order valence-corrected chi connectivity index (χ1v) is 13.9. The van der Waals surface area contributed by atoms with Crippen LogP contribution in [0, 0.1) is 6.92 Å². The van der Waals surface area contributed by atoms with Crippen LogP contribution in [0.2, 0.25) is 0 Å². The summed E-state index contributed by atoms with van der Waals surface area (Å²) in [6.45, 7) is 3.79. The van der Waals surface area contributed by atoms with Crippen LogP contribution in [0.3, 0.4) is 0 Å². The fraction of sp³-hybridized carbons (Fsp3) is 0.480. The van der Waals surface area contributed by atoms with Gasteiger partial charge in [0, 0.05) is 49.0 Å². The van der Waals surface area contributed by atoms with Gasteiger partial charge in [-0.05, 0) is 51.0 Å². The van der Waals surface area contributed by atoms with E-state index in [9.17, 15) is 35.8 Å². The van der Waals surface area contributed by atoms with E-state index < -0.39 is 62.3 Å². The highest BCUT2D eigenvalue weighted by Gasteiger charge is 2.38. The van der Waals surface area contributed by atoms with Crippen LogP contribution in [0.1, 0.15) is 54.6 Å². The first-order valence-electron chi connectivity index (χ1n) is 12.0. The molecule has 0 aliphatic carbocycles. The molecule has 2 amide bonds. The third-order valence-electron chi connectivity index (χ3n) is 6.21. The van der Waals surface area contributed by atoms with E-state index in [2.05, 4.69) is 14.7 Å². The molecule has 1 atom stereocenters. The second-order valence-electron chi connectivity index (χ2n) is 10.1. The minimum absolute atomic E-state index is 0.0601. The number of benzene rings is 1. The fourth-order valence-electron chi connectivity index (χ4n) is 3.99. The number of nitrogens with two attached hydrogens (primary N) is 1. The lowest BCUT2D eigenvalue weighted by Gasteiger charge is -2.26. The standard InChI is InChI=1S/C25H30F5N5O3S/c1-15-18(25(28,29)30)14-32-20(35-11-6-9-24(26,27)10-12-35)19(15)21(36)33-16-7-5-8-17(13-16)39(4,38)34-22(37)23(2,3)31/h5,7-8,13-14H,6,9-12,31H2,1-4H3,(H,33,36)/t39-/m1/s1. The minimum atomic E-state index is -4.81. The van der Waals surface area contributed by atoms with E-state index in [1.807, 2.05) is 0 Å². The Morgan fingerprint density at radius 1 is 1.18 bits per heavy atom. The van der Waals surface area contributed by atoms with Gasteiger partial charge in [-0.25, -0.2) is 18.0 Å². The van der Waals surface area contributed by atoms with Gasteiger partial charge in [-0.1, -0.05) is 6.07 Å². The third-order valence-corrected chi connectivity index (χ3v) is 7.85. The Balaban J connectivity index is 2.03. The van der Waals surface area contributed by atoms with Gasteiger partial charge < -0.3 is 16.0 Å². The second kappa shape index (κ2) is 10.8. The number of halogens is 5. The van der Waals surface area contributed by atoms with Gasteiger partial charge in [-0.2, -0.15) is 17.5 Å². The van der Waals surface area contributed by atoms with Crippen molar-refractivity contribution in [2.45, 2.75) is 62.6 Å². The van der Waals surface area contributed by atoms with Crippen LogP contribution in [0.25, 0.3) is 0 Å². The summed E-state index contributed by atoms with van der Waals surface area (Å²) in [6, 6.07) is 5.53. The fourth-order valence-corrected chi connectivity index (χ4v) is 5.33. The highest BCUT2D eigenvalue weighted by atomic mass is 32.2. The maximum atomic E-state index is 13.9. The number of carbonyl (C=O) groups excluding carboxylic acids is 2. The SMILES string of the molecule is Cc1c(C(F)(F)F)cnc(N2CCCC(F)(F)CC2)c1C(=O)Nc1cccc([S@@](C)(=O)=NC(=O)C(C)(C)N)c1. The molecule has 3 rings (SSSR count). The highest BCUT2D eigenvalue weighted by Crippen LogP contribution is 2.37. The molecule has 0 spiro atoms. The zero-order chi connectivity index (χ0) is 29.4. The van der Waals surface area contributed by atoms with Crippen molar-refractivity contribution in [1.82, 2.24) is 4.98 Å². The summed E-state index contributed by atoms with van der Waals surface area (Å²) >= 11 is 0. The first kappa shape index (κ1) is 30.4. The number of pyridine rings is 1. The number of amides is 2. The first-order chi connectivity index (χ1) is 17.8. The molecule has 8 nitrogen and oxygen atoms in total. The Kier molecular flexibility index (Phi) is 8.42. The Morgan fingerprint density at radius 3 is 2.46 bits per heavy atom. The maximum Gasteiger partial charge on any atom is 0.418 e. The predicted octanol–water partition coefficient (Wildman–Crippen LogP) is 5.01. The van der Waals surface area contributed by atoms with E-state index in [1.54, 1.807) is 0 Å². The quantitative estimate of drug-likeness (QED) is 0.484. The van der Waals surface area contributed by atoms with E-state index in [0.29, 0.717) is 6.20 Å². The lowest BCUT2D eigenvalue weighted by atomic mass is 10.0.